The number of carboxylic acid groups (broad SMARTS) is 1. The SMILES string of the molecule is CC[C@@]1(O)C(=O)OCc2c1cc1n(c2=O)Cc2c-1nc1cc(F)c(OS(=O)(=O)Oc3cc(C(=O)N(C)CCOCCn4cc(CN5C(=O)C=CC5=O)nn4)ccc3OC3O[C@H](C(=O)O)[C@@H](O)[C@H](O)[C@H]3O)c3c1c2[C@@H](NC(=O)CO)CC3. The molecule has 5 aliphatic rings. The average Bonchev–Trinajstić information content (AvgIpc) is 2.44. The monoisotopic (exact) mass is 1150 g/mol. The van der Waals surface area contributed by atoms with Crippen molar-refractivity contribution in [2.24, 2.45) is 0 Å². The second kappa shape index (κ2) is 21.6. The van der Waals surface area contributed by atoms with Gasteiger partial charge in [0.1, 0.15) is 37.2 Å². The minimum atomic E-state index is -5.59. The highest BCUT2D eigenvalue weighted by Gasteiger charge is 2.49. The Labute approximate surface area is 455 Å². The predicted molar refractivity (Wildman–Crippen MR) is 265 cm³/mol. The number of rotatable bonds is 19. The first-order valence-electron chi connectivity index (χ1n) is 24.9. The third kappa shape index (κ3) is 10.3. The highest BCUT2D eigenvalue weighted by molar-refractivity contribution is 7.82. The molecule has 81 heavy (non-hydrogen) atoms. The van der Waals surface area contributed by atoms with Crippen LogP contribution < -0.4 is 24.0 Å². The second-order valence-corrected chi connectivity index (χ2v) is 20.5. The topological polar surface area (TPSA) is 397 Å². The summed E-state index contributed by atoms with van der Waals surface area (Å²) in [6, 6.07) is 4.23. The number of pyridine rings is 2. The van der Waals surface area contributed by atoms with E-state index < -0.39 is 130 Å². The van der Waals surface area contributed by atoms with Crippen molar-refractivity contribution in [1.29, 1.82) is 0 Å². The van der Waals surface area contributed by atoms with E-state index in [0.717, 1.165) is 41.3 Å². The molecule has 7 atom stereocenters. The average molecular weight is 1150 g/mol. The lowest BCUT2D eigenvalue weighted by atomic mass is 9.82. The van der Waals surface area contributed by atoms with Gasteiger partial charge in [0.25, 0.3) is 23.3 Å². The maximum absolute atomic E-state index is 16.7. The van der Waals surface area contributed by atoms with E-state index in [9.17, 15) is 72.6 Å². The number of carboxylic acids is 1. The van der Waals surface area contributed by atoms with Crippen LogP contribution in [0.4, 0.5) is 4.39 Å². The number of esters is 1. The summed E-state index contributed by atoms with van der Waals surface area (Å²) in [4.78, 5) is 96.2. The van der Waals surface area contributed by atoms with Crippen molar-refractivity contribution in [3.8, 4) is 28.6 Å². The number of aliphatic carboxylic acids is 1. The number of nitrogens with zero attached hydrogens (tertiary/aromatic N) is 7. The number of cyclic esters (lactones) is 1. The van der Waals surface area contributed by atoms with Gasteiger partial charge >= 0.3 is 22.3 Å². The number of hydrogen-bond donors (Lipinski definition) is 7. The Balaban J connectivity index is 0.933. The number of fused-ring (bicyclic) bond motifs is 5. The van der Waals surface area contributed by atoms with E-state index in [0.29, 0.717) is 11.3 Å². The van der Waals surface area contributed by atoms with Gasteiger partial charge in [-0.1, -0.05) is 12.1 Å². The van der Waals surface area contributed by atoms with Gasteiger partial charge in [0.05, 0.1) is 67.6 Å². The van der Waals surface area contributed by atoms with Gasteiger partial charge in [-0.2, -0.15) is 0 Å². The van der Waals surface area contributed by atoms with Crippen molar-refractivity contribution in [3.63, 3.8) is 0 Å². The van der Waals surface area contributed by atoms with E-state index >= 15 is 4.39 Å². The van der Waals surface area contributed by atoms with Crippen LogP contribution in [0.2, 0.25) is 0 Å². The number of imide groups is 1. The lowest BCUT2D eigenvalue weighted by molar-refractivity contribution is -0.271. The van der Waals surface area contributed by atoms with Gasteiger partial charge in [-0.3, -0.25) is 28.9 Å². The zero-order valence-corrected chi connectivity index (χ0v) is 43.4. The molecule has 29 nitrogen and oxygen atoms in total. The van der Waals surface area contributed by atoms with Gasteiger partial charge in [0, 0.05) is 59.5 Å². The van der Waals surface area contributed by atoms with Crippen molar-refractivity contribution in [1.82, 2.24) is 39.7 Å². The van der Waals surface area contributed by atoms with Gasteiger partial charge in [0.15, 0.2) is 34.8 Å². The molecule has 0 bridgehead atoms. The third-order valence-electron chi connectivity index (χ3n) is 14.4. The number of aromatic nitrogens is 5. The lowest BCUT2D eigenvalue weighted by Gasteiger charge is -2.38. The number of aliphatic hydroxyl groups excluding tert-OH is 4. The molecule has 10 rings (SSSR count). The molecule has 4 aliphatic heterocycles. The van der Waals surface area contributed by atoms with Crippen LogP contribution in [0.3, 0.4) is 0 Å². The number of carbonyl (C=O) groups is 6. The van der Waals surface area contributed by atoms with E-state index in [-0.39, 0.29) is 109 Å². The molecular weight excluding hydrogens is 1100 g/mol. The van der Waals surface area contributed by atoms with Gasteiger partial charge < -0.3 is 72.7 Å². The number of aryl methyl sites for hydroxylation is 1. The van der Waals surface area contributed by atoms with Gasteiger partial charge in [-0.25, -0.2) is 23.6 Å². The van der Waals surface area contributed by atoms with Crippen LogP contribution in [0.25, 0.3) is 22.3 Å². The number of benzene rings is 2. The van der Waals surface area contributed by atoms with E-state index in [1.807, 2.05) is 0 Å². The highest BCUT2D eigenvalue weighted by Crippen LogP contribution is 2.48. The summed E-state index contributed by atoms with van der Waals surface area (Å²) >= 11 is 0. The van der Waals surface area contributed by atoms with E-state index in [1.165, 1.54) is 40.4 Å². The molecule has 7 N–H and O–H groups in total. The number of amides is 4. The number of nitrogens with one attached hydrogen (secondary N) is 1. The molecule has 4 amide bonds. The molecular formula is C50H49FN8O21S. The number of carbonyl (C=O) groups excluding carboxylic acids is 5. The molecule has 0 radical (unpaired) electrons. The minimum Gasteiger partial charge on any atom is -0.479 e. The third-order valence-corrected chi connectivity index (χ3v) is 15.1. The zero-order valence-electron chi connectivity index (χ0n) is 42.6. The molecule has 7 heterocycles. The Morgan fingerprint density at radius 1 is 0.975 bits per heavy atom. The zero-order chi connectivity index (χ0) is 58.0. The van der Waals surface area contributed by atoms with Crippen LogP contribution in [0.15, 0.2) is 53.5 Å². The summed E-state index contributed by atoms with van der Waals surface area (Å²) in [5.41, 5.74) is -2.23. The Morgan fingerprint density at radius 2 is 1.73 bits per heavy atom. The number of ether oxygens (including phenoxy) is 4. The molecule has 2 aromatic carbocycles. The molecule has 1 aliphatic carbocycles. The number of hydrogen-bond acceptors (Lipinski definition) is 23. The normalized spacial score (nSPS) is 22.7. The molecule has 5 aromatic rings. The summed E-state index contributed by atoms with van der Waals surface area (Å²) in [6.45, 7) is -0.0127. The molecule has 1 saturated heterocycles. The van der Waals surface area contributed by atoms with Crippen LogP contribution in [0.5, 0.6) is 17.2 Å². The molecule has 3 aromatic heterocycles. The van der Waals surface area contributed by atoms with Crippen molar-refractivity contribution in [2.75, 3.05) is 33.4 Å². The van der Waals surface area contributed by atoms with Gasteiger partial charge in [-0.05, 0) is 49.1 Å². The maximum Gasteiger partial charge on any atom is 0.501 e. The Hall–Kier alpha value is -8.30. The predicted octanol–water partition coefficient (Wildman–Crippen LogP) is -1.91. The largest absolute Gasteiger partial charge is 0.501 e. The summed E-state index contributed by atoms with van der Waals surface area (Å²) < 4.78 is 80.3. The van der Waals surface area contributed by atoms with Crippen LogP contribution in [0, 0.1) is 5.82 Å². The number of aliphatic hydroxyl groups is 5. The minimum absolute atomic E-state index is 0.00275. The first kappa shape index (κ1) is 56.0. The molecule has 428 valence electrons. The van der Waals surface area contributed by atoms with Gasteiger partial charge in [0.2, 0.25) is 12.2 Å². The Kier molecular flexibility index (Phi) is 15.0. The molecule has 1 unspecified atom stereocenters. The summed E-state index contributed by atoms with van der Waals surface area (Å²) in [5, 5.41) is 73.1. The fourth-order valence-electron chi connectivity index (χ4n) is 10.2. The molecule has 0 spiro atoms. The Bertz CT molecular complexity index is 3670. The summed E-state index contributed by atoms with van der Waals surface area (Å²) in [6.07, 6.45) is -7.42. The van der Waals surface area contributed by atoms with E-state index in [4.69, 9.17) is 32.3 Å². The second-order valence-electron chi connectivity index (χ2n) is 19.3. The molecule has 1 fully saturated rings. The fraction of sp³-hybridized carbons (Fsp3) is 0.400. The standard InChI is InChI=1S/C50H49FN8O21S/c1-3-50(72)27-15-31-39-25(19-58(31)46(68)26(27)21-76-49(50)71)38-29(52-34(61)20-60)6-5-24-37(38)30(53-39)16-28(51)43(24)80-81(73,74)79-33-14-22(4-7-32(33)77-48-42(66)40(64)41(65)44(78-48)47(69)70)45(67)56(2)10-12-75-13-11-57-17-23(54-55-57)18-59-35(62)8-9-36(59)63/h4,7-9,14-17,29,40-42,44,48,60,64-66,72H,3,5-6,10-13,18-21H2,1-2H3,(H,52,61)(H,69,70)/t29-,40-,41-,42+,44-,48?,50-/m0/s1. The van der Waals surface area contributed by atoms with Crippen LogP contribution in [0.1, 0.15) is 69.7 Å². The molecule has 31 heteroatoms. The Morgan fingerprint density at radius 3 is 2.44 bits per heavy atom. The van der Waals surface area contributed by atoms with Crippen LogP contribution in [-0.4, -0.2) is 173 Å². The first-order valence-corrected chi connectivity index (χ1v) is 26.2. The molecule has 0 saturated carbocycles. The van der Waals surface area contributed by atoms with Crippen molar-refractivity contribution < 1.29 is 99.5 Å². The highest BCUT2D eigenvalue weighted by atomic mass is 32.3. The van der Waals surface area contributed by atoms with Crippen molar-refractivity contribution >= 4 is 56.9 Å². The van der Waals surface area contributed by atoms with Crippen molar-refractivity contribution in [2.45, 2.75) is 94.8 Å². The lowest BCUT2D eigenvalue weighted by Crippen LogP contribution is -2.61. The summed E-state index contributed by atoms with van der Waals surface area (Å²) in [7, 11) is -4.22. The number of likely N-dealkylation sites (N-methyl/N-ethyl adjacent to an activating group) is 1. The van der Waals surface area contributed by atoms with Crippen LogP contribution >= 0.6 is 0 Å². The van der Waals surface area contributed by atoms with Crippen LogP contribution in [-0.2, 0) is 86.8 Å². The van der Waals surface area contributed by atoms with Gasteiger partial charge in [-0.15, -0.1) is 13.5 Å². The smallest absolute Gasteiger partial charge is 0.479 e. The van der Waals surface area contributed by atoms with E-state index in [1.54, 1.807) is 0 Å². The fourth-order valence-corrected chi connectivity index (χ4v) is 11.0. The quantitative estimate of drug-likeness (QED) is 0.0264. The van der Waals surface area contributed by atoms with Crippen molar-refractivity contribution in [3.05, 3.63) is 104 Å². The first-order chi connectivity index (χ1) is 38.5. The number of halogens is 1. The van der Waals surface area contributed by atoms with E-state index in [2.05, 4.69) is 15.6 Å². The maximum atomic E-state index is 16.7. The summed E-state index contributed by atoms with van der Waals surface area (Å²) in [5.74, 6) is -9.09.